The monoisotopic (exact) mass is 332 g/mol. The molecule has 120 valence electrons. The number of halogens is 1. The van der Waals surface area contributed by atoms with E-state index in [0.29, 0.717) is 17.4 Å². The Bertz CT molecular complexity index is 738. The van der Waals surface area contributed by atoms with Gasteiger partial charge in [0.15, 0.2) is 0 Å². The molecule has 4 nitrogen and oxygen atoms in total. The van der Waals surface area contributed by atoms with Crippen molar-refractivity contribution >= 4 is 23.6 Å². The van der Waals surface area contributed by atoms with Crippen molar-refractivity contribution in [3.63, 3.8) is 0 Å². The number of hydrogen-bond acceptors (Lipinski definition) is 3. The first kappa shape index (κ1) is 16.9. The van der Waals surface area contributed by atoms with Crippen LogP contribution in [0, 0.1) is 6.92 Å². The molecule has 0 radical (unpaired) electrons. The van der Waals surface area contributed by atoms with Crippen LogP contribution in [0.3, 0.4) is 0 Å². The second-order valence-electron chi connectivity index (χ2n) is 4.94. The molecular weight excluding hydrogens is 316 g/mol. The Labute approximate surface area is 139 Å². The molecule has 0 aliphatic carbocycles. The van der Waals surface area contributed by atoms with Gasteiger partial charge in [-0.2, -0.15) is 0 Å². The fourth-order valence-electron chi connectivity index (χ4n) is 2.11. The van der Waals surface area contributed by atoms with Crippen molar-refractivity contribution in [2.45, 2.75) is 13.5 Å². The largest absolute Gasteiger partial charge is 0.496 e. The predicted octanol–water partition coefficient (Wildman–Crippen LogP) is 4.33. The summed E-state index contributed by atoms with van der Waals surface area (Å²) in [7, 11) is 1.58. The van der Waals surface area contributed by atoms with E-state index in [1.165, 1.54) is 6.08 Å². The third-order valence-corrected chi connectivity index (χ3v) is 3.48. The molecule has 0 bridgehead atoms. The Morgan fingerprint density at radius 1 is 1.22 bits per heavy atom. The Hall–Kier alpha value is -2.46. The fourth-order valence-corrected chi connectivity index (χ4v) is 2.34. The molecule has 2 aromatic rings. The number of aryl methyl sites for hydroxylation is 1. The van der Waals surface area contributed by atoms with Gasteiger partial charge < -0.3 is 14.6 Å². The summed E-state index contributed by atoms with van der Waals surface area (Å²) in [6.07, 6.45) is 2.62. The smallest absolute Gasteiger partial charge is 0.328 e. The van der Waals surface area contributed by atoms with Gasteiger partial charge in [0.05, 0.1) is 7.11 Å². The summed E-state index contributed by atoms with van der Waals surface area (Å²) in [4.78, 5) is 10.6. The second-order valence-corrected chi connectivity index (χ2v) is 5.38. The highest BCUT2D eigenvalue weighted by molar-refractivity contribution is 6.30. The van der Waals surface area contributed by atoms with Crippen LogP contribution in [0.5, 0.6) is 11.5 Å². The quantitative estimate of drug-likeness (QED) is 0.800. The van der Waals surface area contributed by atoms with Crippen LogP contribution in [-0.4, -0.2) is 18.2 Å². The average Bonchev–Trinajstić information content (AvgIpc) is 2.52. The summed E-state index contributed by atoms with van der Waals surface area (Å²) in [5.74, 6) is 0.433. The zero-order valence-corrected chi connectivity index (χ0v) is 13.6. The molecule has 0 fully saturated rings. The van der Waals surface area contributed by atoms with Crippen molar-refractivity contribution in [2.24, 2.45) is 0 Å². The van der Waals surface area contributed by atoms with Crippen molar-refractivity contribution in [2.75, 3.05) is 7.11 Å². The number of carboxylic acids is 1. The fraction of sp³-hybridized carbons (Fsp3) is 0.167. The van der Waals surface area contributed by atoms with E-state index < -0.39 is 5.97 Å². The van der Waals surface area contributed by atoms with Crippen molar-refractivity contribution in [1.29, 1.82) is 0 Å². The van der Waals surface area contributed by atoms with Crippen molar-refractivity contribution < 1.29 is 19.4 Å². The molecule has 23 heavy (non-hydrogen) atoms. The summed E-state index contributed by atoms with van der Waals surface area (Å²) in [6, 6.07) is 10.8. The SMILES string of the molecule is COc1ccc(C=CC(=O)O)cc1COc1ccc(Cl)cc1C. The van der Waals surface area contributed by atoms with Crippen molar-refractivity contribution in [3.8, 4) is 11.5 Å². The van der Waals surface area contributed by atoms with Gasteiger partial charge in [0.1, 0.15) is 18.1 Å². The molecule has 0 amide bonds. The van der Waals surface area contributed by atoms with Gasteiger partial charge in [-0.05, 0) is 54.5 Å². The van der Waals surface area contributed by atoms with Gasteiger partial charge in [0, 0.05) is 16.7 Å². The first-order chi connectivity index (χ1) is 11.0. The summed E-state index contributed by atoms with van der Waals surface area (Å²) in [5, 5.41) is 9.36. The zero-order valence-electron chi connectivity index (χ0n) is 12.9. The third-order valence-electron chi connectivity index (χ3n) is 3.24. The minimum atomic E-state index is -0.990. The molecule has 2 aromatic carbocycles. The van der Waals surface area contributed by atoms with Gasteiger partial charge in [-0.15, -0.1) is 0 Å². The van der Waals surface area contributed by atoms with E-state index in [1.54, 1.807) is 25.3 Å². The van der Waals surface area contributed by atoms with Crippen LogP contribution in [0.15, 0.2) is 42.5 Å². The van der Waals surface area contributed by atoms with Crippen LogP contribution in [0.4, 0.5) is 0 Å². The van der Waals surface area contributed by atoms with Crippen molar-refractivity contribution in [1.82, 2.24) is 0 Å². The normalized spacial score (nSPS) is 10.7. The van der Waals surface area contributed by atoms with Gasteiger partial charge >= 0.3 is 5.97 Å². The zero-order chi connectivity index (χ0) is 16.8. The molecule has 0 heterocycles. The number of rotatable bonds is 6. The number of ether oxygens (including phenoxy) is 2. The Balaban J connectivity index is 2.20. The van der Waals surface area contributed by atoms with Gasteiger partial charge in [-0.25, -0.2) is 4.79 Å². The van der Waals surface area contributed by atoms with Crippen LogP contribution >= 0.6 is 11.6 Å². The average molecular weight is 333 g/mol. The summed E-state index contributed by atoms with van der Waals surface area (Å²) >= 11 is 5.93. The number of carbonyl (C=O) groups is 1. The first-order valence-corrected chi connectivity index (χ1v) is 7.34. The summed E-state index contributed by atoms with van der Waals surface area (Å²) < 4.78 is 11.1. The van der Waals surface area contributed by atoms with Crippen LogP contribution in [0.1, 0.15) is 16.7 Å². The molecule has 5 heteroatoms. The number of carboxylic acid groups (broad SMARTS) is 1. The van der Waals surface area contributed by atoms with Gasteiger partial charge in [-0.3, -0.25) is 0 Å². The molecule has 0 aliphatic rings. The highest BCUT2D eigenvalue weighted by Crippen LogP contribution is 2.26. The number of aliphatic carboxylic acids is 1. The van der Waals surface area contributed by atoms with E-state index in [0.717, 1.165) is 28.5 Å². The van der Waals surface area contributed by atoms with E-state index in [9.17, 15) is 4.79 Å². The van der Waals surface area contributed by atoms with E-state index in [-0.39, 0.29) is 0 Å². The summed E-state index contributed by atoms with van der Waals surface area (Å²) in [6.45, 7) is 2.23. The van der Waals surface area contributed by atoms with Crippen LogP contribution in [0.2, 0.25) is 5.02 Å². The van der Waals surface area contributed by atoms with Crippen LogP contribution < -0.4 is 9.47 Å². The maximum absolute atomic E-state index is 10.6. The molecule has 0 aliphatic heterocycles. The minimum Gasteiger partial charge on any atom is -0.496 e. The second kappa shape index (κ2) is 7.70. The Kier molecular flexibility index (Phi) is 5.66. The van der Waals surface area contributed by atoms with E-state index in [4.69, 9.17) is 26.2 Å². The first-order valence-electron chi connectivity index (χ1n) is 6.96. The lowest BCUT2D eigenvalue weighted by molar-refractivity contribution is -0.131. The van der Waals surface area contributed by atoms with E-state index in [1.807, 2.05) is 25.1 Å². The molecule has 0 saturated heterocycles. The molecule has 0 saturated carbocycles. The van der Waals surface area contributed by atoms with E-state index >= 15 is 0 Å². The Morgan fingerprint density at radius 3 is 2.61 bits per heavy atom. The van der Waals surface area contributed by atoms with Crippen LogP contribution in [-0.2, 0) is 11.4 Å². The predicted molar refractivity (Wildman–Crippen MR) is 90.2 cm³/mol. The molecule has 0 unspecified atom stereocenters. The van der Waals surface area contributed by atoms with E-state index in [2.05, 4.69) is 0 Å². The number of methoxy groups -OCH3 is 1. The molecule has 1 N–H and O–H groups in total. The molecule has 0 atom stereocenters. The standard InChI is InChI=1S/C18H17ClO4/c1-12-9-15(19)5-7-16(12)23-11-14-10-13(4-8-18(20)21)3-6-17(14)22-2/h3-10H,11H2,1-2H3,(H,20,21). The lowest BCUT2D eigenvalue weighted by Gasteiger charge is -2.13. The lowest BCUT2D eigenvalue weighted by atomic mass is 10.1. The molecule has 0 aromatic heterocycles. The maximum atomic E-state index is 10.6. The minimum absolute atomic E-state index is 0.306. The van der Waals surface area contributed by atoms with Gasteiger partial charge in [0.2, 0.25) is 0 Å². The van der Waals surface area contributed by atoms with Gasteiger partial charge in [-0.1, -0.05) is 17.7 Å². The highest BCUT2D eigenvalue weighted by Gasteiger charge is 2.07. The van der Waals surface area contributed by atoms with Crippen molar-refractivity contribution in [3.05, 3.63) is 64.2 Å². The number of benzene rings is 2. The molecule has 0 spiro atoms. The maximum Gasteiger partial charge on any atom is 0.328 e. The molecular formula is C18H17ClO4. The van der Waals surface area contributed by atoms with Crippen LogP contribution in [0.25, 0.3) is 6.08 Å². The van der Waals surface area contributed by atoms with Gasteiger partial charge in [0.25, 0.3) is 0 Å². The Morgan fingerprint density at radius 2 is 1.96 bits per heavy atom. The summed E-state index contributed by atoms with van der Waals surface area (Å²) in [5.41, 5.74) is 2.53. The number of hydrogen-bond donors (Lipinski definition) is 1. The third kappa shape index (κ3) is 4.76. The molecule has 2 rings (SSSR count). The highest BCUT2D eigenvalue weighted by atomic mass is 35.5. The lowest BCUT2D eigenvalue weighted by Crippen LogP contribution is -2.00. The topological polar surface area (TPSA) is 55.8 Å².